The first-order valence-electron chi connectivity index (χ1n) is 6.25. The van der Waals surface area contributed by atoms with Crippen LogP contribution in [0.5, 0.6) is 0 Å². The van der Waals surface area contributed by atoms with E-state index in [-0.39, 0.29) is 23.8 Å². The lowest BCUT2D eigenvalue weighted by Crippen LogP contribution is -2.60. The first kappa shape index (κ1) is 13.6. The Kier molecular flexibility index (Phi) is 3.15. The first-order chi connectivity index (χ1) is 8.71. The van der Waals surface area contributed by atoms with Gasteiger partial charge in [-0.1, -0.05) is 20.8 Å². The van der Waals surface area contributed by atoms with Gasteiger partial charge in [0.2, 0.25) is 0 Å². The van der Waals surface area contributed by atoms with E-state index < -0.39 is 18.3 Å². The second-order valence-corrected chi connectivity index (χ2v) is 5.95. The van der Waals surface area contributed by atoms with Crippen LogP contribution in [-0.4, -0.2) is 45.4 Å². The number of hydrazine groups is 1. The lowest BCUT2D eigenvalue weighted by molar-refractivity contribution is -0.200. The van der Waals surface area contributed by atoms with Crippen molar-refractivity contribution in [2.24, 2.45) is 5.41 Å². The van der Waals surface area contributed by atoms with Crippen molar-refractivity contribution < 1.29 is 24.2 Å². The number of amides is 2. The van der Waals surface area contributed by atoms with Crippen LogP contribution in [0.3, 0.4) is 0 Å². The molecule has 0 aromatic rings. The molecule has 2 saturated heterocycles. The molecule has 2 fully saturated rings. The average molecular weight is 270 g/mol. The van der Waals surface area contributed by atoms with E-state index in [2.05, 4.69) is 0 Å². The Morgan fingerprint density at radius 2 is 1.79 bits per heavy atom. The molecule has 0 aliphatic carbocycles. The lowest BCUT2D eigenvalue weighted by atomic mass is 9.82. The summed E-state index contributed by atoms with van der Waals surface area (Å²) >= 11 is 0. The van der Waals surface area contributed by atoms with Crippen LogP contribution in [0, 0.1) is 5.41 Å². The quantitative estimate of drug-likeness (QED) is 0.571. The Bertz CT molecular complexity index is 428. The Labute approximate surface area is 111 Å². The normalized spacial score (nSPS) is 27.5. The van der Waals surface area contributed by atoms with E-state index in [1.807, 2.05) is 20.8 Å². The van der Waals surface area contributed by atoms with Gasteiger partial charge in [0.15, 0.2) is 6.23 Å². The maximum atomic E-state index is 12.0. The van der Waals surface area contributed by atoms with E-state index in [9.17, 15) is 14.4 Å². The second-order valence-electron chi connectivity index (χ2n) is 5.95. The Morgan fingerprint density at radius 1 is 1.21 bits per heavy atom. The largest absolute Gasteiger partial charge is 0.507 e. The lowest BCUT2D eigenvalue weighted by Gasteiger charge is -2.47. The molecule has 1 N–H and O–H groups in total. The zero-order valence-corrected chi connectivity index (χ0v) is 11.3. The highest BCUT2D eigenvalue weighted by Gasteiger charge is 2.51. The molecule has 2 aliphatic rings. The SMILES string of the molecule is CC(C)(C)C1CCC(OC(=O)O)N2C(=O)CC(=O)N12. The molecule has 0 radical (unpaired) electrons. The van der Waals surface area contributed by atoms with Gasteiger partial charge in [0.1, 0.15) is 6.42 Å². The number of hydrogen-bond donors (Lipinski definition) is 1. The smallest absolute Gasteiger partial charge is 0.450 e. The van der Waals surface area contributed by atoms with E-state index in [0.29, 0.717) is 12.8 Å². The fourth-order valence-electron chi connectivity index (χ4n) is 2.73. The van der Waals surface area contributed by atoms with Gasteiger partial charge in [-0.15, -0.1) is 0 Å². The summed E-state index contributed by atoms with van der Waals surface area (Å²) in [4.78, 5) is 34.5. The number of carbonyl (C=O) groups is 3. The van der Waals surface area contributed by atoms with Gasteiger partial charge in [-0.05, 0) is 11.8 Å². The molecule has 0 aromatic heterocycles. The van der Waals surface area contributed by atoms with E-state index in [1.54, 1.807) is 0 Å². The minimum absolute atomic E-state index is 0.125. The molecular weight excluding hydrogens is 252 g/mol. The van der Waals surface area contributed by atoms with Gasteiger partial charge in [0, 0.05) is 6.42 Å². The predicted molar refractivity (Wildman–Crippen MR) is 63.7 cm³/mol. The molecule has 7 heteroatoms. The highest BCUT2D eigenvalue weighted by Crippen LogP contribution is 2.38. The van der Waals surface area contributed by atoms with Crippen LogP contribution in [0.2, 0.25) is 0 Å². The topological polar surface area (TPSA) is 87.1 Å². The number of nitrogens with zero attached hydrogens (tertiary/aromatic N) is 2. The van der Waals surface area contributed by atoms with Crippen molar-refractivity contribution in [3.05, 3.63) is 0 Å². The molecular formula is C12H18N2O5. The fraction of sp³-hybridized carbons (Fsp3) is 0.750. The van der Waals surface area contributed by atoms with Gasteiger partial charge < -0.3 is 9.84 Å². The number of fused-ring (bicyclic) bond motifs is 1. The molecule has 2 heterocycles. The first-order valence-corrected chi connectivity index (χ1v) is 6.25. The average Bonchev–Trinajstić information content (AvgIpc) is 2.53. The molecule has 2 atom stereocenters. The number of carboxylic acid groups (broad SMARTS) is 1. The minimum Gasteiger partial charge on any atom is -0.450 e. The van der Waals surface area contributed by atoms with Crippen molar-refractivity contribution >= 4 is 18.0 Å². The third-order valence-electron chi connectivity index (χ3n) is 3.54. The van der Waals surface area contributed by atoms with Crippen LogP contribution in [0.1, 0.15) is 40.0 Å². The van der Waals surface area contributed by atoms with Crippen molar-refractivity contribution in [1.29, 1.82) is 0 Å². The monoisotopic (exact) mass is 270 g/mol. The molecule has 0 bridgehead atoms. The number of ether oxygens (including phenoxy) is 1. The van der Waals surface area contributed by atoms with Gasteiger partial charge in [0.25, 0.3) is 11.8 Å². The van der Waals surface area contributed by atoms with E-state index in [4.69, 9.17) is 9.84 Å². The fourth-order valence-corrected chi connectivity index (χ4v) is 2.73. The highest BCUT2D eigenvalue weighted by atomic mass is 16.7. The summed E-state index contributed by atoms with van der Waals surface area (Å²) in [5.74, 6) is -0.686. The van der Waals surface area contributed by atoms with Crippen molar-refractivity contribution in [2.75, 3.05) is 0 Å². The van der Waals surface area contributed by atoms with Crippen molar-refractivity contribution in [3.8, 4) is 0 Å². The van der Waals surface area contributed by atoms with Crippen LogP contribution in [0.4, 0.5) is 4.79 Å². The number of rotatable bonds is 1. The maximum absolute atomic E-state index is 12.0. The third-order valence-corrected chi connectivity index (χ3v) is 3.54. The Morgan fingerprint density at radius 3 is 2.32 bits per heavy atom. The highest BCUT2D eigenvalue weighted by molar-refractivity contribution is 6.02. The summed E-state index contributed by atoms with van der Waals surface area (Å²) < 4.78 is 4.71. The molecule has 2 rings (SSSR count). The van der Waals surface area contributed by atoms with E-state index in [0.717, 1.165) is 0 Å². The summed E-state index contributed by atoms with van der Waals surface area (Å²) in [6.07, 6.45) is -1.53. The molecule has 0 spiro atoms. The van der Waals surface area contributed by atoms with Gasteiger partial charge in [-0.3, -0.25) is 9.59 Å². The molecule has 2 aliphatic heterocycles. The number of hydrogen-bond acceptors (Lipinski definition) is 4. The van der Waals surface area contributed by atoms with E-state index in [1.165, 1.54) is 10.0 Å². The summed E-state index contributed by atoms with van der Waals surface area (Å²) in [7, 11) is 0. The minimum atomic E-state index is -1.44. The summed E-state index contributed by atoms with van der Waals surface area (Å²) in [5, 5.41) is 11.3. The zero-order valence-electron chi connectivity index (χ0n) is 11.3. The Balaban J connectivity index is 2.30. The summed E-state index contributed by atoms with van der Waals surface area (Å²) in [5.41, 5.74) is -0.188. The van der Waals surface area contributed by atoms with Crippen LogP contribution in [0.15, 0.2) is 0 Å². The summed E-state index contributed by atoms with van der Waals surface area (Å²) in [6, 6.07) is -0.125. The van der Waals surface area contributed by atoms with Gasteiger partial charge in [-0.2, -0.15) is 0 Å². The molecule has 2 unspecified atom stereocenters. The molecule has 19 heavy (non-hydrogen) atoms. The number of carbonyl (C=O) groups excluding carboxylic acids is 2. The standard InChI is InChI=1S/C12H18N2O5/c1-12(2,3)7-4-5-10(19-11(17)18)14-9(16)6-8(15)13(7)14/h7,10H,4-6H2,1-3H3,(H,17,18). The van der Waals surface area contributed by atoms with Crippen molar-refractivity contribution in [3.63, 3.8) is 0 Å². The van der Waals surface area contributed by atoms with Crippen LogP contribution in [-0.2, 0) is 14.3 Å². The summed E-state index contributed by atoms with van der Waals surface area (Å²) in [6.45, 7) is 5.97. The molecule has 106 valence electrons. The maximum Gasteiger partial charge on any atom is 0.507 e. The van der Waals surface area contributed by atoms with Crippen LogP contribution < -0.4 is 0 Å². The molecule has 2 amide bonds. The predicted octanol–water partition coefficient (Wildman–Crippen LogP) is 1.19. The third kappa shape index (κ3) is 2.36. The van der Waals surface area contributed by atoms with Crippen molar-refractivity contribution in [1.82, 2.24) is 10.0 Å². The van der Waals surface area contributed by atoms with E-state index >= 15 is 0 Å². The molecule has 0 aromatic carbocycles. The second kappa shape index (κ2) is 4.40. The zero-order chi connectivity index (χ0) is 14.4. The van der Waals surface area contributed by atoms with Crippen LogP contribution in [0.25, 0.3) is 0 Å². The van der Waals surface area contributed by atoms with Gasteiger partial charge in [-0.25, -0.2) is 14.8 Å². The van der Waals surface area contributed by atoms with Crippen LogP contribution >= 0.6 is 0 Å². The molecule has 7 nitrogen and oxygen atoms in total. The Hall–Kier alpha value is -1.79. The van der Waals surface area contributed by atoms with Gasteiger partial charge in [0.05, 0.1) is 6.04 Å². The van der Waals surface area contributed by atoms with Gasteiger partial charge >= 0.3 is 6.16 Å². The molecule has 0 saturated carbocycles. The van der Waals surface area contributed by atoms with Crippen molar-refractivity contribution in [2.45, 2.75) is 52.3 Å².